The van der Waals surface area contributed by atoms with Gasteiger partial charge in [-0.3, -0.25) is 5.41 Å². The highest BCUT2D eigenvalue weighted by Crippen LogP contribution is 2.36. The predicted molar refractivity (Wildman–Crippen MR) is 68.1 cm³/mol. The van der Waals surface area contributed by atoms with Crippen molar-refractivity contribution in [3.63, 3.8) is 0 Å². The molecule has 0 bridgehead atoms. The molecule has 1 fully saturated rings. The molecule has 1 saturated heterocycles. The first-order chi connectivity index (χ1) is 8.39. The lowest BCUT2D eigenvalue weighted by Gasteiger charge is -2.30. The summed E-state index contributed by atoms with van der Waals surface area (Å²) < 4.78 is 38.6. The quantitative estimate of drug-likeness (QED) is 0.814. The van der Waals surface area contributed by atoms with Crippen LogP contribution >= 0.6 is 15.9 Å². The van der Waals surface area contributed by atoms with Crippen LogP contribution < -0.4 is 4.90 Å². The Morgan fingerprint density at radius 3 is 2.56 bits per heavy atom. The Morgan fingerprint density at radius 2 is 1.94 bits per heavy atom. The van der Waals surface area contributed by atoms with Crippen molar-refractivity contribution in [2.45, 2.75) is 25.4 Å². The number of nitrogens with one attached hydrogen (secondary N) is 1. The Labute approximate surface area is 111 Å². The van der Waals surface area contributed by atoms with E-state index < -0.39 is 11.7 Å². The Hall–Kier alpha value is -1.04. The number of alkyl halides is 3. The minimum absolute atomic E-state index is 0.376. The number of piperidine rings is 1. The minimum atomic E-state index is -4.35. The van der Waals surface area contributed by atoms with E-state index in [4.69, 9.17) is 5.41 Å². The molecular formula is C12H12BrF3N2. The maximum absolute atomic E-state index is 12.7. The van der Waals surface area contributed by atoms with Crippen molar-refractivity contribution < 1.29 is 13.2 Å². The molecule has 0 atom stereocenters. The van der Waals surface area contributed by atoms with Crippen molar-refractivity contribution in [1.29, 1.82) is 5.41 Å². The molecule has 2 nitrogen and oxygen atoms in total. The molecule has 0 saturated carbocycles. The van der Waals surface area contributed by atoms with E-state index in [1.807, 2.05) is 0 Å². The highest BCUT2D eigenvalue weighted by atomic mass is 79.9. The molecule has 1 aliphatic rings. The summed E-state index contributed by atoms with van der Waals surface area (Å²) in [5.41, 5.74) is -0.256. The summed E-state index contributed by atoms with van der Waals surface area (Å²) in [6.45, 7) is 0.596. The second-order valence-corrected chi connectivity index (χ2v) is 5.07. The molecule has 1 heterocycles. The van der Waals surface area contributed by atoms with E-state index in [0.29, 0.717) is 29.0 Å². The molecule has 0 amide bonds. The fourth-order valence-corrected chi connectivity index (χ4v) is 2.45. The van der Waals surface area contributed by atoms with E-state index in [0.717, 1.165) is 25.0 Å². The maximum atomic E-state index is 12.7. The molecule has 0 spiro atoms. The van der Waals surface area contributed by atoms with Gasteiger partial charge in [0.05, 0.1) is 11.3 Å². The van der Waals surface area contributed by atoms with Gasteiger partial charge in [-0.15, -0.1) is 0 Å². The van der Waals surface area contributed by atoms with Crippen LogP contribution in [0.5, 0.6) is 0 Å². The molecule has 0 radical (unpaired) electrons. The van der Waals surface area contributed by atoms with E-state index in [1.54, 1.807) is 4.90 Å². The van der Waals surface area contributed by atoms with Gasteiger partial charge in [-0.2, -0.15) is 13.2 Å². The van der Waals surface area contributed by atoms with Gasteiger partial charge in [-0.1, -0.05) is 0 Å². The molecule has 1 aliphatic heterocycles. The minimum Gasteiger partial charge on any atom is -0.329 e. The molecule has 0 unspecified atom stereocenters. The van der Waals surface area contributed by atoms with Crippen LogP contribution in [-0.4, -0.2) is 12.4 Å². The third kappa shape index (κ3) is 2.68. The topological polar surface area (TPSA) is 27.1 Å². The van der Waals surface area contributed by atoms with Crippen molar-refractivity contribution in [2.24, 2.45) is 0 Å². The number of rotatable bonds is 1. The molecule has 1 aromatic carbocycles. The van der Waals surface area contributed by atoms with Crippen molar-refractivity contribution >= 4 is 27.5 Å². The molecule has 2 rings (SSSR count). The van der Waals surface area contributed by atoms with Crippen LogP contribution in [0.1, 0.15) is 24.8 Å². The van der Waals surface area contributed by atoms with Crippen LogP contribution in [0.4, 0.5) is 18.9 Å². The highest BCUT2D eigenvalue weighted by molar-refractivity contribution is 9.10. The zero-order valence-electron chi connectivity index (χ0n) is 9.52. The van der Waals surface area contributed by atoms with Crippen molar-refractivity contribution in [1.82, 2.24) is 0 Å². The van der Waals surface area contributed by atoms with Crippen LogP contribution in [-0.2, 0) is 6.18 Å². The van der Waals surface area contributed by atoms with Gasteiger partial charge < -0.3 is 4.90 Å². The SMILES string of the molecule is N=C1CCCCN1c1cc(C(F)(F)F)ccc1Br. The van der Waals surface area contributed by atoms with Crippen LogP contribution in [0.25, 0.3) is 0 Å². The normalized spacial score (nSPS) is 17.1. The molecule has 0 aliphatic carbocycles. The number of hydrogen-bond donors (Lipinski definition) is 1. The van der Waals surface area contributed by atoms with Crippen molar-refractivity contribution in [3.8, 4) is 0 Å². The number of halogens is 4. The number of hydrogen-bond acceptors (Lipinski definition) is 1. The molecule has 98 valence electrons. The zero-order valence-corrected chi connectivity index (χ0v) is 11.1. The second-order valence-electron chi connectivity index (χ2n) is 4.22. The van der Waals surface area contributed by atoms with Gasteiger partial charge in [-0.25, -0.2) is 0 Å². The first-order valence-electron chi connectivity index (χ1n) is 5.61. The summed E-state index contributed by atoms with van der Waals surface area (Å²) in [5, 5.41) is 7.83. The highest BCUT2D eigenvalue weighted by Gasteiger charge is 2.32. The fraction of sp³-hybridized carbons (Fsp3) is 0.417. The van der Waals surface area contributed by atoms with E-state index in [2.05, 4.69) is 15.9 Å². The number of anilines is 1. The lowest BCUT2D eigenvalue weighted by atomic mass is 10.1. The van der Waals surface area contributed by atoms with Crippen LogP contribution in [0.3, 0.4) is 0 Å². The van der Waals surface area contributed by atoms with Gasteiger partial charge >= 0.3 is 6.18 Å². The van der Waals surface area contributed by atoms with E-state index in [9.17, 15) is 13.2 Å². The fourth-order valence-electron chi connectivity index (χ4n) is 1.99. The number of amidine groups is 1. The first-order valence-corrected chi connectivity index (χ1v) is 6.40. The van der Waals surface area contributed by atoms with Gasteiger partial charge in [0.15, 0.2) is 0 Å². The van der Waals surface area contributed by atoms with Gasteiger partial charge in [0, 0.05) is 17.4 Å². The largest absolute Gasteiger partial charge is 0.416 e. The van der Waals surface area contributed by atoms with Crippen molar-refractivity contribution in [3.05, 3.63) is 28.2 Å². The second kappa shape index (κ2) is 4.91. The summed E-state index contributed by atoms with van der Waals surface area (Å²) >= 11 is 3.25. The van der Waals surface area contributed by atoms with Gasteiger partial charge in [0.2, 0.25) is 0 Å². The lowest BCUT2D eigenvalue weighted by Crippen LogP contribution is -2.35. The maximum Gasteiger partial charge on any atom is 0.416 e. The Balaban J connectivity index is 2.40. The number of nitrogens with zero attached hydrogens (tertiary/aromatic N) is 1. The molecule has 18 heavy (non-hydrogen) atoms. The predicted octanol–water partition coefficient (Wildman–Crippen LogP) is 4.44. The smallest absolute Gasteiger partial charge is 0.329 e. The molecule has 0 aromatic heterocycles. The third-order valence-electron chi connectivity index (χ3n) is 2.94. The summed E-state index contributed by atoms with van der Waals surface area (Å²) in [6.07, 6.45) is -1.92. The van der Waals surface area contributed by atoms with Crippen LogP contribution in [0.15, 0.2) is 22.7 Å². The Kier molecular flexibility index (Phi) is 3.66. The Bertz CT molecular complexity index is 471. The Morgan fingerprint density at radius 1 is 1.22 bits per heavy atom. The van der Waals surface area contributed by atoms with Gasteiger partial charge in [-0.05, 0) is 47.0 Å². The molecule has 1 N–H and O–H groups in total. The van der Waals surface area contributed by atoms with Crippen LogP contribution in [0, 0.1) is 5.41 Å². The monoisotopic (exact) mass is 320 g/mol. The molecular weight excluding hydrogens is 309 g/mol. The number of benzene rings is 1. The average molecular weight is 321 g/mol. The van der Waals surface area contributed by atoms with Gasteiger partial charge in [0.1, 0.15) is 5.84 Å². The van der Waals surface area contributed by atoms with Crippen molar-refractivity contribution in [2.75, 3.05) is 11.4 Å². The molecule has 6 heteroatoms. The summed E-state index contributed by atoms with van der Waals surface area (Å²) in [4.78, 5) is 1.64. The third-order valence-corrected chi connectivity index (χ3v) is 3.61. The van der Waals surface area contributed by atoms with Crippen LogP contribution in [0.2, 0.25) is 0 Å². The van der Waals surface area contributed by atoms with E-state index >= 15 is 0 Å². The lowest BCUT2D eigenvalue weighted by molar-refractivity contribution is -0.137. The van der Waals surface area contributed by atoms with Gasteiger partial charge in [0.25, 0.3) is 0 Å². The van der Waals surface area contributed by atoms with E-state index in [1.165, 1.54) is 6.07 Å². The zero-order chi connectivity index (χ0) is 13.3. The molecule has 1 aromatic rings. The van der Waals surface area contributed by atoms with E-state index in [-0.39, 0.29) is 0 Å². The average Bonchev–Trinajstić information content (AvgIpc) is 2.29. The summed E-state index contributed by atoms with van der Waals surface area (Å²) in [7, 11) is 0. The summed E-state index contributed by atoms with van der Waals surface area (Å²) in [5.74, 6) is 0.376. The summed E-state index contributed by atoms with van der Waals surface area (Å²) in [6, 6.07) is 3.53. The first kappa shape index (κ1) is 13.4. The standard InChI is InChI=1S/C12H12BrF3N2/c13-9-5-4-8(12(14,15)16)7-10(9)18-6-2-1-3-11(18)17/h4-5,7,17H,1-3,6H2.